The molecule has 0 amide bonds. The zero-order valence-corrected chi connectivity index (χ0v) is 15.1. The lowest BCUT2D eigenvalue weighted by molar-refractivity contribution is -0.146. The number of hydrogen-bond acceptors (Lipinski definition) is 6. The summed E-state index contributed by atoms with van der Waals surface area (Å²) in [6, 6.07) is 10.8. The van der Waals surface area contributed by atoms with E-state index in [1.807, 2.05) is 30.3 Å². The zero-order chi connectivity index (χ0) is 20.1. The Labute approximate surface area is 161 Å². The van der Waals surface area contributed by atoms with E-state index < -0.39 is 29.8 Å². The minimum Gasteiger partial charge on any atom is -0.458 e. The van der Waals surface area contributed by atoms with Gasteiger partial charge >= 0.3 is 12.1 Å². The largest absolute Gasteiger partial charge is 0.458 e. The van der Waals surface area contributed by atoms with Crippen LogP contribution >= 0.6 is 11.3 Å². The van der Waals surface area contributed by atoms with Crippen LogP contribution in [0.5, 0.6) is 0 Å². The Morgan fingerprint density at radius 2 is 1.93 bits per heavy atom. The van der Waals surface area contributed by atoms with Crippen LogP contribution in [-0.2, 0) is 28.9 Å². The highest BCUT2D eigenvalue weighted by Gasteiger charge is 2.31. The number of nitrogens with zero attached hydrogens (tertiary/aromatic N) is 2. The van der Waals surface area contributed by atoms with E-state index in [0.717, 1.165) is 11.8 Å². The summed E-state index contributed by atoms with van der Waals surface area (Å²) in [5.41, 5.74) is -0.415. The molecular weight excluding hydrogens is 395 g/mol. The molecule has 0 unspecified atom stereocenters. The van der Waals surface area contributed by atoms with Crippen molar-refractivity contribution in [1.29, 1.82) is 0 Å². The van der Waals surface area contributed by atoms with Crippen LogP contribution in [0.3, 0.4) is 0 Å². The van der Waals surface area contributed by atoms with Crippen LogP contribution in [0.25, 0.3) is 0 Å². The first-order valence-electron chi connectivity index (χ1n) is 8.01. The lowest BCUT2D eigenvalue weighted by Gasteiger charge is -2.10. The number of alkyl halides is 3. The van der Waals surface area contributed by atoms with Crippen LogP contribution in [0.1, 0.15) is 11.3 Å². The molecule has 1 aromatic carbocycles. The molecule has 0 aliphatic rings. The summed E-state index contributed by atoms with van der Waals surface area (Å²) in [7, 11) is 0. The average Bonchev–Trinajstić information content (AvgIpc) is 3.09. The van der Waals surface area contributed by atoms with Crippen molar-refractivity contribution >= 4 is 28.1 Å². The second-order valence-electron chi connectivity index (χ2n) is 5.68. The Kier molecular flexibility index (Phi) is 5.78. The molecule has 28 heavy (non-hydrogen) atoms. The number of esters is 1. The number of pyridine rings is 1. The first-order valence-corrected chi connectivity index (χ1v) is 8.89. The summed E-state index contributed by atoms with van der Waals surface area (Å²) in [6.45, 7) is -0.776. The number of aromatic nitrogens is 2. The predicted octanol–water partition coefficient (Wildman–Crippen LogP) is 3.81. The van der Waals surface area contributed by atoms with E-state index in [4.69, 9.17) is 4.74 Å². The van der Waals surface area contributed by atoms with Gasteiger partial charge in [-0.3, -0.25) is 9.59 Å². The molecule has 0 aliphatic heterocycles. The number of thiazole rings is 1. The van der Waals surface area contributed by atoms with Gasteiger partial charge in [-0.15, -0.1) is 11.3 Å². The third-order valence-electron chi connectivity index (χ3n) is 3.57. The Morgan fingerprint density at radius 1 is 1.18 bits per heavy atom. The summed E-state index contributed by atoms with van der Waals surface area (Å²) in [5, 5.41) is 5.39. The molecule has 0 saturated carbocycles. The number of halogens is 3. The number of rotatable bonds is 6. The summed E-state index contributed by atoms with van der Waals surface area (Å²) < 4.78 is 43.8. The quantitative estimate of drug-likeness (QED) is 0.627. The van der Waals surface area contributed by atoms with Gasteiger partial charge in [0, 0.05) is 23.3 Å². The molecular formula is C18H14F3N3O3S. The summed E-state index contributed by atoms with van der Waals surface area (Å²) in [5.74, 6) is -0.841. The molecule has 0 aliphatic carbocycles. The third kappa shape index (κ3) is 5.19. The van der Waals surface area contributed by atoms with E-state index in [-0.39, 0.29) is 6.61 Å². The Balaban J connectivity index is 1.57. The van der Waals surface area contributed by atoms with E-state index in [1.54, 1.807) is 5.38 Å². The minimum absolute atomic E-state index is 0.153. The molecule has 10 heteroatoms. The molecule has 0 saturated heterocycles. The number of benzene rings is 1. The molecule has 0 spiro atoms. The van der Waals surface area contributed by atoms with Gasteiger partial charge in [-0.2, -0.15) is 13.2 Å². The van der Waals surface area contributed by atoms with Crippen molar-refractivity contribution in [1.82, 2.24) is 9.55 Å². The molecule has 2 heterocycles. The molecule has 0 radical (unpaired) electrons. The van der Waals surface area contributed by atoms with E-state index in [2.05, 4.69) is 10.3 Å². The highest BCUT2D eigenvalue weighted by atomic mass is 32.1. The van der Waals surface area contributed by atoms with Gasteiger partial charge in [0.05, 0.1) is 11.3 Å². The maximum absolute atomic E-state index is 12.7. The van der Waals surface area contributed by atoms with Gasteiger partial charge < -0.3 is 14.6 Å². The predicted molar refractivity (Wildman–Crippen MR) is 97.3 cm³/mol. The van der Waals surface area contributed by atoms with Gasteiger partial charge in [0.15, 0.2) is 5.13 Å². The summed E-state index contributed by atoms with van der Waals surface area (Å²) in [6.07, 6.45) is -4.02. The van der Waals surface area contributed by atoms with Crippen molar-refractivity contribution < 1.29 is 22.7 Å². The van der Waals surface area contributed by atoms with Gasteiger partial charge in [0.2, 0.25) is 0 Å². The van der Waals surface area contributed by atoms with Crippen molar-refractivity contribution in [3.8, 4) is 0 Å². The van der Waals surface area contributed by atoms with Gasteiger partial charge in [0.1, 0.15) is 13.2 Å². The molecule has 0 atom stereocenters. The fourth-order valence-corrected chi connectivity index (χ4v) is 2.95. The number of carbonyl (C=O) groups excluding carboxylic acids is 1. The van der Waals surface area contributed by atoms with Crippen molar-refractivity contribution in [3.05, 3.63) is 75.7 Å². The maximum atomic E-state index is 12.7. The lowest BCUT2D eigenvalue weighted by atomic mass is 10.3. The van der Waals surface area contributed by atoms with Crippen LogP contribution in [0.2, 0.25) is 0 Å². The number of nitrogens with one attached hydrogen (secondary N) is 1. The van der Waals surface area contributed by atoms with Crippen LogP contribution in [0.15, 0.2) is 58.8 Å². The number of para-hydroxylation sites is 1. The van der Waals surface area contributed by atoms with Gasteiger partial charge in [0.25, 0.3) is 5.56 Å². The van der Waals surface area contributed by atoms with E-state index in [9.17, 15) is 22.8 Å². The first-order chi connectivity index (χ1) is 13.3. The van der Waals surface area contributed by atoms with Crippen LogP contribution < -0.4 is 10.9 Å². The molecule has 3 aromatic rings. The van der Waals surface area contributed by atoms with E-state index in [0.29, 0.717) is 27.7 Å². The Hall–Kier alpha value is -3.14. The number of ether oxygens (including phenoxy) is 1. The molecule has 146 valence electrons. The molecule has 0 fully saturated rings. The summed E-state index contributed by atoms with van der Waals surface area (Å²) >= 11 is 1.31. The zero-order valence-electron chi connectivity index (χ0n) is 14.3. The van der Waals surface area contributed by atoms with E-state index in [1.165, 1.54) is 11.3 Å². The topological polar surface area (TPSA) is 73.2 Å². The van der Waals surface area contributed by atoms with Crippen molar-refractivity contribution in [2.75, 3.05) is 5.32 Å². The third-order valence-corrected chi connectivity index (χ3v) is 4.37. The fraction of sp³-hybridized carbons (Fsp3) is 0.167. The SMILES string of the molecule is O=C(Cn1cc(C(F)(F)F)ccc1=O)OCc1csc(Nc2ccccc2)n1. The minimum atomic E-state index is -4.61. The Bertz CT molecular complexity index is 1020. The normalized spacial score (nSPS) is 11.2. The highest BCUT2D eigenvalue weighted by Crippen LogP contribution is 2.28. The molecule has 3 rings (SSSR count). The van der Waals surface area contributed by atoms with Gasteiger partial charge in [-0.05, 0) is 18.2 Å². The highest BCUT2D eigenvalue weighted by molar-refractivity contribution is 7.13. The van der Waals surface area contributed by atoms with E-state index >= 15 is 0 Å². The number of hydrogen-bond donors (Lipinski definition) is 1. The number of anilines is 2. The number of carbonyl (C=O) groups is 1. The smallest absolute Gasteiger partial charge is 0.417 e. The van der Waals surface area contributed by atoms with Gasteiger partial charge in [-0.1, -0.05) is 18.2 Å². The van der Waals surface area contributed by atoms with Crippen LogP contribution in [0.4, 0.5) is 24.0 Å². The van der Waals surface area contributed by atoms with Crippen molar-refractivity contribution in [2.45, 2.75) is 19.3 Å². The molecule has 1 N–H and O–H groups in total. The first kappa shape index (κ1) is 19.6. The standard InChI is InChI=1S/C18H14F3N3O3S/c19-18(20,21)12-6-7-15(25)24(8-12)9-16(26)27-10-14-11-28-17(23-14)22-13-4-2-1-3-5-13/h1-8,11H,9-10H2,(H,22,23). The monoisotopic (exact) mass is 409 g/mol. The molecule has 6 nitrogen and oxygen atoms in total. The van der Waals surface area contributed by atoms with Crippen molar-refractivity contribution in [3.63, 3.8) is 0 Å². The van der Waals surface area contributed by atoms with Gasteiger partial charge in [-0.25, -0.2) is 4.98 Å². The fourth-order valence-electron chi connectivity index (χ4n) is 2.24. The maximum Gasteiger partial charge on any atom is 0.417 e. The summed E-state index contributed by atoms with van der Waals surface area (Å²) in [4.78, 5) is 27.8. The Morgan fingerprint density at radius 3 is 2.64 bits per heavy atom. The van der Waals surface area contributed by atoms with Crippen LogP contribution in [-0.4, -0.2) is 15.5 Å². The second kappa shape index (κ2) is 8.26. The van der Waals surface area contributed by atoms with Crippen molar-refractivity contribution in [2.24, 2.45) is 0 Å². The molecule has 2 aromatic heterocycles. The second-order valence-corrected chi connectivity index (χ2v) is 6.54. The average molecular weight is 409 g/mol. The van der Waals surface area contributed by atoms with Crippen LogP contribution in [0, 0.1) is 0 Å². The molecule has 0 bridgehead atoms. The lowest BCUT2D eigenvalue weighted by Crippen LogP contribution is -2.26.